The maximum Gasteiger partial charge on any atom is 0.0149 e. The molecule has 0 bridgehead atoms. The van der Waals surface area contributed by atoms with Crippen LogP contribution in [0.5, 0.6) is 0 Å². The Hall–Kier alpha value is -0.0800. The summed E-state index contributed by atoms with van der Waals surface area (Å²) < 4.78 is 0. The summed E-state index contributed by atoms with van der Waals surface area (Å²) in [7, 11) is 0. The van der Waals surface area contributed by atoms with Crippen LogP contribution in [0.1, 0.15) is 53.4 Å². The molecule has 0 aromatic heterocycles. The summed E-state index contributed by atoms with van der Waals surface area (Å²) >= 11 is 0. The Labute approximate surface area is 89.9 Å². The molecule has 0 rings (SSSR count). The average molecular weight is 200 g/mol. The van der Waals surface area contributed by atoms with Crippen molar-refractivity contribution in [1.82, 2.24) is 4.90 Å². The molecule has 0 aliphatic rings. The van der Waals surface area contributed by atoms with Crippen LogP contribution in [0.4, 0.5) is 0 Å². The smallest absolute Gasteiger partial charge is 0.0149 e. The predicted molar refractivity (Wildman–Crippen MR) is 64.5 cm³/mol. The van der Waals surface area contributed by atoms with Crippen molar-refractivity contribution in [2.75, 3.05) is 19.6 Å². The van der Waals surface area contributed by atoms with E-state index in [-0.39, 0.29) is 5.54 Å². The van der Waals surface area contributed by atoms with Crippen molar-refractivity contribution in [3.63, 3.8) is 0 Å². The molecular weight excluding hydrogens is 172 g/mol. The van der Waals surface area contributed by atoms with E-state index in [1.165, 1.54) is 13.0 Å². The van der Waals surface area contributed by atoms with Gasteiger partial charge in [-0.2, -0.15) is 0 Å². The van der Waals surface area contributed by atoms with Gasteiger partial charge in [-0.3, -0.25) is 0 Å². The summed E-state index contributed by atoms with van der Waals surface area (Å²) in [6, 6.07) is 0. The molecular formula is C12H28N2. The van der Waals surface area contributed by atoms with Crippen molar-refractivity contribution in [2.45, 2.75) is 58.9 Å². The molecule has 0 fully saturated rings. The lowest BCUT2D eigenvalue weighted by Gasteiger charge is -2.28. The molecule has 2 heteroatoms. The number of hydrogen-bond acceptors (Lipinski definition) is 2. The minimum absolute atomic E-state index is 0.0904. The Balaban J connectivity index is 3.70. The molecule has 86 valence electrons. The first kappa shape index (κ1) is 13.9. The van der Waals surface area contributed by atoms with Gasteiger partial charge in [0.25, 0.3) is 0 Å². The molecule has 0 spiro atoms. The Morgan fingerprint density at radius 3 is 1.86 bits per heavy atom. The van der Waals surface area contributed by atoms with Crippen molar-refractivity contribution < 1.29 is 0 Å². The number of nitrogens with zero attached hydrogens (tertiary/aromatic N) is 1. The topological polar surface area (TPSA) is 29.3 Å². The maximum atomic E-state index is 6.25. The second-order valence-electron chi connectivity index (χ2n) is 4.20. The van der Waals surface area contributed by atoms with Gasteiger partial charge < -0.3 is 10.6 Å². The van der Waals surface area contributed by atoms with Crippen molar-refractivity contribution in [3.8, 4) is 0 Å². The summed E-state index contributed by atoms with van der Waals surface area (Å²) in [6.07, 6.45) is 4.60. The molecule has 0 saturated carbocycles. The van der Waals surface area contributed by atoms with Crippen LogP contribution in [-0.4, -0.2) is 30.1 Å². The van der Waals surface area contributed by atoms with Gasteiger partial charge >= 0.3 is 0 Å². The lowest BCUT2D eigenvalue weighted by atomic mass is 9.89. The predicted octanol–water partition coefficient (Wildman–Crippen LogP) is 2.63. The van der Waals surface area contributed by atoms with Gasteiger partial charge in [0.1, 0.15) is 0 Å². The zero-order valence-corrected chi connectivity index (χ0v) is 10.5. The minimum Gasteiger partial charge on any atom is -0.325 e. The molecule has 0 aliphatic carbocycles. The van der Waals surface area contributed by atoms with E-state index in [1.54, 1.807) is 0 Å². The molecule has 14 heavy (non-hydrogen) atoms. The molecule has 0 aromatic rings. The molecule has 2 N–H and O–H groups in total. The third-order valence-corrected chi connectivity index (χ3v) is 3.45. The average Bonchev–Trinajstić information content (AvgIpc) is 2.24. The van der Waals surface area contributed by atoms with Gasteiger partial charge in [-0.1, -0.05) is 27.7 Å². The maximum absolute atomic E-state index is 6.25. The van der Waals surface area contributed by atoms with Crippen LogP contribution in [0.25, 0.3) is 0 Å². The Kier molecular flexibility index (Phi) is 7.20. The van der Waals surface area contributed by atoms with Crippen LogP contribution in [0.15, 0.2) is 0 Å². The quantitative estimate of drug-likeness (QED) is 0.652. The van der Waals surface area contributed by atoms with Gasteiger partial charge in [0.15, 0.2) is 0 Å². The highest BCUT2D eigenvalue weighted by molar-refractivity contribution is 4.80. The highest BCUT2D eigenvalue weighted by atomic mass is 15.1. The molecule has 2 nitrogen and oxygen atoms in total. The largest absolute Gasteiger partial charge is 0.325 e. The summed E-state index contributed by atoms with van der Waals surface area (Å²) in [4.78, 5) is 2.46. The van der Waals surface area contributed by atoms with Crippen molar-refractivity contribution in [3.05, 3.63) is 0 Å². The van der Waals surface area contributed by atoms with Gasteiger partial charge in [0.2, 0.25) is 0 Å². The number of hydrogen-bond donors (Lipinski definition) is 1. The van der Waals surface area contributed by atoms with E-state index in [9.17, 15) is 0 Å². The van der Waals surface area contributed by atoms with Crippen LogP contribution < -0.4 is 5.73 Å². The molecule has 0 amide bonds. The van der Waals surface area contributed by atoms with Crippen molar-refractivity contribution >= 4 is 0 Å². The van der Waals surface area contributed by atoms with Gasteiger partial charge in [0, 0.05) is 5.54 Å². The van der Waals surface area contributed by atoms with Crippen LogP contribution in [0.3, 0.4) is 0 Å². The summed E-state index contributed by atoms with van der Waals surface area (Å²) in [5.74, 6) is 0. The molecule has 0 aromatic carbocycles. The molecule has 0 heterocycles. The van der Waals surface area contributed by atoms with E-state index >= 15 is 0 Å². The van der Waals surface area contributed by atoms with Crippen molar-refractivity contribution in [1.29, 1.82) is 0 Å². The van der Waals surface area contributed by atoms with Crippen LogP contribution in [0.2, 0.25) is 0 Å². The molecule has 0 saturated heterocycles. The second kappa shape index (κ2) is 7.24. The van der Waals surface area contributed by atoms with Gasteiger partial charge in [-0.25, -0.2) is 0 Å². The number of nitrogens with two attached hydrogens (primary N) is 1. The first-order valence-electron chi connectivity index (χ1n) is 6.13. The third kappa shape index (κ3) is 4.97. The highest BCUT2D eigenvalue weighted by Gasteiger charge is 2.19. The number of rotatable bonds is 8. The zero-order chi connectivity index (χ0) is 11.0. The standard InChI is InChI=1S/C12H28N2/c1-5-12(13,6-2)10-9-11-14(7-3)8-4/h5-11,13H2,1-4H3. The second-order valence-corrected chi connectivity index (χ2v) is 4.20. The van der Waals surface area contributed by atoms with Crippen LogP contribution >= 0.6 is 0 Å². The zero-order valence-electron chi connectivity index (χ0n) is 10.5. The van der Waals surface area contributed by atoms with E-state index in [1.807, 2.05) is 0 Å². The molecule has 0 unspecified atom stereocenters. The fraction of sp³-hybridized carbons (Fsp3) is 1.00. The first-order valence-corrected chi connectivity index (χ1v) is 6.13. The van der Waals surface area contributed by atoms with Crippen LogP contribution in [-0.2, 0) is 0 Å². The van der Waals surface area contributed by atoms with E-state index in [4.69, 9.17) is 5.73 Å². The van der Waals surface area contributed by atoms with E-state index < -0.39 is 0 Å². The summed E-state index contributed by atoms with van der Waals surface area (Å²) in [5, 5.41) is 0. The Morgan fingerprint density at radius 1 is 1.00 bits per heavy atom. The SMILES string of the molecule is CCN(CC)CCCC(N)(CC)CC. The fourth-order valence-electron chi connectivity index (χ4n) is 1.80. The molecule has 0 atom stereocenters. The summed E-state index contributed by atoms with van der Waals surface area (Å²) in [6.45, 7) is 12.4. The van der Waals surface area contributed by atoms with Gasteiger partial charge in [-0.15, -0.1) is 0 Å². The Bertz CT molecular complexity index is 126. The fourth-order valence-corrected chi connectivity index (χ4v) is 1.80. The van der Waals surface area contributed by atoms with Crippen molar-refractivity contribution in [2.24, 2.45) is 5.73 Å². The van der Waals surface area contributed by atoms with E-state index in [2.05, 4.69) is 32.6 Å². The van der Waals surface area contributed by atoms with Crippen LogP contribution in [0, 0.1) is 0 Å². The first-order chi connectivity index (χ1) is 6.61. The highest BCUT2D eigenvalue weighted by Crippen LogP contribution is 2.18. The normalized spacial score (nSPS) is 12.4. The lowest BCUT2D eigenvalue weighted by molar-refractivity contribution is 0.270. The van der Waals surface area contributed by atoms with Gasteiger partial charge in [0.05, 0.1) is 0 Å². The molecule has 0 aliphatic heterocycles. The molecule has 0 radical (unpaired) electrons. The van der Waals surface area contributed by atoms with Gasteiger partial charge in [-0.05, 0) is 45.3 Å². The van der Waals surface area contributed by atoms with E-state index in [0.29, 0.717) is 0 Å². The lowest BCUT2D eigenvalue weighted by Crippen LogP contribution is -2.39. The minimum atomic E-state index is 0.0904. The van der Waals surface area contributed by atoms with E-state index in [0.717, 1.165) is 32.4 Å². The third-order valence-electron chi connectivity index (χ3n) is 3.45. The summed E-state index contributed by atoms with van der Waals surface area (Å²) in [5.41, 5.74) is 6.34. The Morgan fingerprint density at radius 2 is 1.50 bits per heavy atom. The monoisotopic (exact) mass is 200 g/mol.